The van der Waals surface area contributed by atoms with Crippen LogP contribution in [-0.2, 0) is 19.1 Å². The Balaban J connectivity index is 1.84. The van der Waals surface area contributed by atoms with Crippen molar-refractivity contribution in [2.24, 2.45) is 5.92 Å². The minimum absolute atomic E-state index is 0.118. The molecule has 0 aromatic heterocycles. The van der Waals surface area contributed by atoms with Gasteiger partial charge in [-0.2, -0.15) is 0 Å². The van der Waals surface area contributed by atoms with Crippen LogP contribution in [0.5, 0.6) is 0 Å². The van der Waals surface area contributed by atoms with Gasteiger partial charge in [0.25, 0.3) is 0 Å². The Morgan fingerprint density at radius 1 is 1.03 bits per heavy atom. The van der Waals surface area contributed by atoms with Crippen LogP contribution < -0.4 is 10.6 Å². The number of benzene rings is 2. The first-order valence-corrected chi connectivity index (χ1v) is 11.7. The van der Waals surface area contributed by atoms with Crippen LogP contribution in [0.4, 0.5) is 10.5 Å². The molecule has 1 aliphatic rings. The number of carbonyl (C=O) groups is 4. The molecule has 0 aliphatic carbocycles. The van der Waals surface area contributed by atoms with Gasteiger partial charge in [0.2, 0.25) is 5.91 Å². The SMILES string of the molecule is CC(=O)C1CC(C(=O)OC(C)(C)C)N(C(=O)CNC(=O)Nc2cccc(C)c2)C1c1ccccc1. The average molecular weight is 480 g/mol. The molecule has 1 fully saturated rings. The molecule has 3 amide bonds. The Kier molecular flexibility index (Phi) is 7.94. The van der Waals surface area contributed by atoms with E-state index < -0.39 is 41.5 Å². The summed E-state index contributed by atoms with van der Waals surface area (Å²) in [5.41, 5.74) is 1.57. The van der Waals surface area contributed by atoms with Crippen LogP contribution in [0.2, 0.25) is 0 Å². The quantitative estimate of drug-likeness (QED) is 0.609. The lowest BCUT2D eigenvalue weighted by Gasteiger charge is -2.32. The highest BCUT2D eigenvalue weighted by Gasteiger charge is 2.50. The van der Waals surface area contributed by atoms with Crippen LogP contribution in [0.25, 0.3) is 0 Å². The Morgan fingerprint density at radius 3 is 2.31 bits per heavy atom. The van der Waals surface area contributed by atoms with Crippen molar-refractivity contribution in [1.82, 2.24) is 10.2 Å². The fourth-order valence-electron chi connectivity index (χ4n) is 4.36. The maximum atomic E-state index is 13.5. The highest BCUT2D eigenvalue weighted by molar-refractivity contribution is 5.94. The zero-order chi connectivity index (χ0) is 25.8. The van der Waals surface area contributed by atoms with E-state index in [1.165, 1.54) is 11.8 Å². The fourth-order valence-corrected chi connectivity index (χ4v) is 4.36. The van der Waals surface area contributed by atoms with Crippen LogP contribution in [0.15, 0.2) is 54.6 Å². The topological polar surface area (TPSA) is 105 Å². The van der Waals surface area contributed by atoms with E-state index in [1.54, 1.807) is 26.8 Å². The maximum absolute atomic E-state index is 13.5. The van der Waals surface area contributed by atoms with Crippen molar-refractivity contribution in [3.8, 4) is 0 Å². The van der Waals surface area contributed by atoms with Crippen LogP contribution in [0, 0.1) is 12.8 Å². The van der Waals surface area contributed by atoms with Crippen molar-refractivity contribution in [2.75, 3.05) is 11.9 Å². The minimum atomic E-state index is -0.942. The number of nitrogens with zero attached hydrogens (tertiary/aromatic N) is 1. The number of ether oxygens (including phenoxy) is 1. The van der Waals surface area contributed by atoms with Crippen molar-refractivity contribution >= 4 is 29.4 Å². The number of aryl methyl sites for hydroxylation is 1. The first-order chi connectivity index (χ1) is 16.5. The molecule has 2 aromatic carbocycles. The highest BCUT2D eigenvalue weighted by Crippen LogP contribution is 2.42. The number of esters is 1. The maximum Gasteiger partial charge on any atom is 0.329 e. The van der Waals surface area contributed by atoms with E-state index in [0.717, 1.165) is 11.1 Å². The molecule has 0 radical (unpaired) electrons. The molecule has 2 aromatic rings. The number of ketones is 1. The average Bonchev–Trinajstić information content (AvgIpc) is 3.18. The van der Waals surface area contributed by atoms with E-state index in [4.69, 9.17) is 4.74 Å². The summed E-state index contributed by atoms with van der Waals surface area (Å²) in [6.07, 6.45) is 0.158. The number of likely N-dealkylation sites (tertiary alicyclic amines) is 1. The van der Waals surface area contributed by atoms with Crippen LogP contribution >= 0.6 is 0 Å². The Labute approximate surface area is 206 Å². The van der Waals surface area contributed by atoms with Gasteiger partial charge in [-0.3, -0.25) is 9.59 Å². The summed E-state index contributed by atoms with van der Waals surface area (Å²) in [7, 11) is 0. The third-order valence-electron chi connectivity index (χ3n) is 5.80. The Bertz CT molecular complexity index is 1090. The third-order valence-corrected chi connectivity index (χ3v) is 5.80. The summed E-state index contributed by atoms with van der Waals surface area (Å²) >= 11 is 0. The molecule has 8 heteroatoms. The monoisotopic (exact) mass is 479 g/mol. The molecule has 0 spiro atoms. The number of rotatable bonds is 6. The van der Waals surface area contributed by atoms with Gasteiger partial charge < -0.3 is 20.3 Å². The standard InChI is InChI=1S/C27H33N3O5/c1-17-10-9-13-20(14-17)29-26(34)28-16-23(32)30-22(25(33)35-27(3,4)5)15-21(18(2)31)24(30)19-11-7-6-8-12-19/h6-14,21-22,24H,15-16H2,1-5H3,(H2,28,29,34). The number of anilines is 1. The van der Waals surface area contributed by atoms with Gasteiger partial charge in [0.05, 0.1) is 12.6 Å². The highest BCUT2D eigenvalue weighted by atomic mass is 16.6. The third kappa shape index (κ3) is 6.68. The van der Waals surface area contributed by atoms with Gasteiger partial charge in [-0.1, -0.05) is 42.5 Å². The van der Waals surface area contributed by atoms with Gasteiger partial charge in [-0.15, -0.1) is 0 Å². The second kappa shape index (κ2) is 10.7. The van der Waals surface area contributed by atoms with Crippen molar-refractivity contribution in [1.29, 1.82) is 0 Å². The predicted molar refractivity (Wildman–Crippen MR) is 133 cm³/mol. The molecule has 2 N–H and O–H groups in total. The van der Waals surface area contributed by atoms with Gasteiger partial charge in [-0.25, -0.2) is 9.59 Å². The first kappa shape index (κ1) is 25.9. The number of carbonyl (C=O) groups excluding carboxylic acids is 4. The Morgan fingerprint density at radius 2 is 1.71 bits per heavy atom. The second-order valence-corrected chi connectivity index (χ2v) is 9.84. The molecule has 3 rings (SSSR count). The lowest BCUT2D eigenvalue weighted by Crippen LogP contribution is -2.48. The number of hydrogen-bond donors (Lipinski definition) is 2. The molecular weight excluding hydrogens is 446 g/mol. The van der Waals surface area contributed by atoms with Gasteiger partial charge in [0.15, 0.2) is 0 Å². The molecule has 0 saturated carbocycles. The zero-order valence-corrected chi connectivity index (χ0v) is 20.8. The van der Waals surface area contributed by atoms with Crippen molar-refractivity contribution in [3.63, 3.8) is 0 Å². The molecule has 0 bridgehead atoms. The summed E-state index contributed by atoms with van der Waals surface area (Å²) in [5, 5.41) is 5.27. The zero-order valence-electron chi connectivity index (χ0n) is 20.8. The van der Waals surface area contributed by atoms with Gasteiger partial charge in [0, 0.05) is 11.6 Å². The number of urea groups is 1. The Hall–Kier alpha value is -3.68. The largest absolute Gasteiger partial charge is 0.458 e. The summed E-state index contributed by atoms with van der Waals surface area (Å²) < 4.78 is 5.59. The summed E-state index contributed by atoms with van der Waals surface area (Å²) in [6, 6.07) is 14.3. The molecule has 1 saturated heterocycles. The van der Waals surface area contributed by atoms with Crippen molar-refractivity contribution in [2.45, 2.75) is 58.7 Å². The van der Waals surface area contributed by atoms with Crippen LogP contribution in [-0.4, -0.2) is 46.8 Å². The summed E-state index contributed by atoms with van der Waals surface area (Å²) in [4.78, 5) is 53.0. The number of Topliss-reactive ketones (excluding diaryl/α,β-unsaturated/α-hetero) is 1. The van der Waals surface area contributed by atoms with Gasteiger partial charge >= 0.3 is 12.0 Å². The number of nitrogens with one attached hydrogen (secondary N) is 2. The lowest BCUT2D eigenvalue weighted by molar-refractivity contribution is -0.164. The van der Waals surface area contributed by atoms with Crippen LogP contribution in [0.1, 0.15) is 51.3 Å². The van der Waals surface area contributed by atoms with Crippen LogP contribution in [0.3, 0.4) is 0 Å². The smallest absolute Gasteiger partial charge is 0.329 e. The van der Waals surface area contributed by atoms with E-state index in [0.29, 0.717) is 5.69 Å². The first-order valence-electron chi connectivity index (χ1n) is 11.7. The minimum Gasteiger partial charge on any atom is -0.458 e. The molecule has 1 heterocycles. The molecule has 8 nitrogen and oxygen atoms in total. The normalized spacial score (nSPS) is 19.7. The summed E-state index contributed by atoms with van der Waals surface area (Å²) in [5.74, 6) is -1.73. The molecule has 35 heavy (non-hydrogen) atoms. The van der Waals surface area contributed by atoms with E-state index in [-0.39, 0.29) is 18.7 Å². The number of amides is 3. The van der Waals surface area contributed by atoms with Crippen molar-refractivity contribution < 1.29 is 23.9 Å². The lowest BCUT2D eigenvalue weighted by atomic mass is 9.90. The van der Waals surface area contributed by atoms with Crippen molar-refractivity contribution in [3.05, 3.63) is 65.7 Å². The predicted octanol–water partition coefficient (Wildman–Crippen LogP) is 4.01. The fraction of sp³-hybridized carbons (Fsp3) is 0.407. The molecule has 3 unspecified atom stereocenters. The van der Waals surface area contributed by atoms with Gasteiger partial charge in [-0.05, 0) is 64.3 Å². The van der Waals surface area contributed by atoms with E-state index >= 15 is 0 Å². The molecule has 3 atom stereocenters. The molecular formula is C27H33N3O5. The van der Waals surface area contributed by atoms with E-state index in [2.05, 4.69) is 10.6 Å². The second-order valence-electron chi connectivity index (χ2n) is 9.84. The van der Waals surface area contributed by atoms with Gasteiger partial charge in [0.1, 0.15) is 17.4 Å². The molecule has 1 aliphatic heterocycles. The van der Waals surface area contributed by atoms with E-state index in [9.17, 15) is 19.2 Å². The van der Waals surface area contributed by atoms with E-state index in [1.807, 2.05) is 55.5 Å². The number of hydrogen-bond acceptors (Lipinski definition) is 5. The summed E-state index contributed by atoms with van der Waals surface area (Å²) in [6.45, 7) is 8.28. The molecule has 186 valence electrons.